The van der Waals surface area contributed by atoms with Crippen molar-refractivity contribution in [2.75, 3.05) is 13.2 Å². The first kappa shape index (κ1) is 13.7. The van der Waals surface area contributed by atoms with Crippen molar-refractivity contribution in [2.24, 2.45) is 7.05 Å². The van der Waals surface area contributed by atoms with E-state index in [4.69, 9.17) is 4.74 Å². The zero-order valence-corrected chi connectivity index (χ0v) is 11.7. The lowest BCUT2D eigenvalue weighted by Crippen LogP contribution is -2.24. The van der Waals surface area contributed by atoms with Gasteiger partial charge in [0, 0.05) is 18.0 Å². The third-order valence-corrected chi connectivity index (χ3v) is 2.99. The van der Waals surface area contributed by atoms with Gasteiger partial charge in [0.15, 0.2) is 0 Å². The lowest BCUT2D eigenvalue weighted by atomic mass is 10.2. The van der Waals surface area contributed by atoms with Crippen molar-refractivity contribution in [1.82, 2.24) is 9.55 Å². The van der Waals surface area contributed by atoms with Gasteiger partial charge >= 0.3 is 0 Å². The van der Waals surface area contributed by atoms with Crippen LogP contribution in [0.5, 0.6) is 0 Å². The number of imidazole rings is 1. The van der Waals surface area contributed by atoms with Gasteiger partial charge in [-0.2, -0.15) is 0 Å². The maximum Gasteiger partial charge on any atom is 0.243 e. The Hall–Kier alpha value is -1.68. The quantitative estimate of drug-likeness (QED) is 0.560. The second-order valence-corrected chi connectivity index (χ2v) is 4.80. The summed E-state index contributed by atoms with van der Waals surface area (Å²) in [4.78, 5) is 4.48. The van der Waals surface area contributed by atoms with Gasteiger partial charge in [-0.25, -0.2) is 9.13 Å². The summed E-state index contributed by atoms with van der Waals surface area (Å²) in [6, 6.07) is 6.16. The number of hydrogen-bond donors (Lipinski definition) is 0. The molecule has 0 amide bonds. The Morgan fingerprint density at radius 2 is 2.21 bits per heavy atom. The van der Waals surface area contributed by atoms with Crippen molar-refractivity contribution in [1.29, 1.82) is 0 Å². The summed E-state index contributed by atoms with van der Waals surface area (Å²) in [5.74, 6) is 0. The Kier molecular flexibility index (Phi) is 5.10. The number of hydrogen-bond acceptors (Lipinski definition) is 2. The first-order valence-corrected chi connectivity index (χ1v) is 6.75. The fraction of sp³-hybridized carbons (Fsp3) is 0.467. The third-order valence-electron chi connectivity index (χ3n) is 2.99. The van der Waals surface area contributed by atoms with Crippen molar-refractivity contribution in [3.05, 3.63) is 48.3 Å². The fourth-order valence-corrected chi connectivity index (χ4v) is 2.00. The fourth-order valence-electron chi connectivity index (χ4n) is 2.00. The Labute approximate surface area is 114 Å². The van der Waals surface area contributed by atoms with E-state index in [0.717, 1.165) is 44.0 Å². The molecule has 0 radical (unpaired) electrons. The van der Waals surface area contributed by atoms with Gasteiger partial charge in [-0.05, 0) is 31.9 Å². The molecular formula is C15H22N3O+. The zero-order valence-electron chi connectivity index (χ0n) is 11.7. The lowest BCUT2D eigenvalue weighted by molar-refractivity contribution is -0.671. The first-order valence-electron chi connectivity index (χ1n) is 6.75. The summed E-state index contributed by atoms with van der Waals surface area (Å²) in [6.45, 7) is 4.49. The molecule has 0 bridgehead atoms. The van der Waals surface area contributed by atoms with Crippen LogP contribution in [0, 0.1) is 6.92 Å². The highest BCUT2D eigenvalue weighted by Gasteiger charge is 2.00. The molecule has 4 heteroatoms. The number of rotatable bonds is 7. The van der Waals surface area contributed by atoms with Crippen LogP contribution in [0.3, 0.4) is 0 Å². The number of nitrogens with zero attached hydrogens (tertiary/aromatic N) is 3. The van der Waals surface area contributed by atoms with Crippen LogP contribution in [0.25, 0.3) is 0 Å². The predicted octanol–water partition coefficient (Wildman–Crippen LogP) is 1.67. The van der Waals surface area contributed by atoms with E-state index in [1.54, 1.807) is 0 Å². The van der Waals surface area contributed by atoms with Crippen LogP contribution in [0.1, 0.15) is 17.8 Å². The number of ether oxygens (including phenoxy) is 1. The van der Waals surface area contributed by atoms with Crippen LogP contribution in [0.4, 0.5) is 0 Å². The second-order valence-electron chi connectivity index (χ2n) is 4.80. The topological polar surface area (TPSA) is 30.9 Å². The first-order chi connectivity index (χ1) is 9.24. The van der Waals surface area contributed by atoms with Gasteiger partial charge in [0.1, 0.15) is 18.9 Å². The normalized spacial score (nSPS) is 10.8. The van der Waals surface area contributed by atoms with Gasteiger partial charge in [-0.1, -0.05) is 6.07 Å². The van der Waals surface area contributed by atoms with E-state index < -0.39 is 0 Å². The summed E-state index contributed by atoms with van der Waals surface area (Å²) in [5.41, 5.74) is 2.24. The molecule has 0 aromatic carbocycles. The third kappa shape index (κ3) is 4.83. The average Bonchev–Trinajstić information content (AvgIpc) is 2.79. The van der Waals surface area contributed by atoms with Crippen LogP contribution in [-0.4, -0.2) is 22.8 Å². The molecule has 0 aliphatic carbocycles. The molecular weight excluding hydrogens is 238 g/mol. The second kappa shape index (κ2) is 7.04. The molecule has 2 heterocycles. The van der Waals surface area contributed by atoms with Crippen LogP contribution in [0.15, 0.2) is 36.9 Å². The van der Waals surface area contributed by atoms with E-state index in [9.17, 15) is 0 Å². The summed E-state index contributed by atoms with van der Waals surface area (Å²) in [6.07, 6.45) is 8.15. The summed E-state index contributed by atoms with van der Waals surface area (Å²) in [7, 11) is 2.02. The van der Waals surface area contributed by atoms with Gasteiger partial charge in [0.05, 0.1) is 13.7 Å². The molecule has 102 valence electrons. The van der Waals surface area contributed by atoms with E-state index in [-0.39, 0.29) is 0 Å². The van der Waals surface area contributed by atoms with Gasteiger partial charge in [-0.3, -0.25) is 4.98 Å². The van der Waals surface area contributed by atoms with Gasteiger partial charge in [-0.15, -0.1) is 0 Å². The average molecular weight is 260 g/mol. The maximum absolute atomic E-state index is 5.64. The molecule has 0 saturated carbocycles. The molecule has 0 N–H and O–H groups in total. The molecule has 19 heavy (non-hydrogen) atoms. The highest BCUT2D eigenvalue weighted by molar-refractivity contribution is 5.09. The SMILES string of the molecule is Cc1cccc(CCCOCCn2cc[n+](C)c2)n1. The van der Waals surface area contributed by atoms with E-state index in [2.05, 4.69) is 34.2 Å². The molecule has 0 atom stereocenters. The van der Waals surface area contributed by atoms with Crippen LogP contribution in [-0.2, 0) is 24.8 Å². The van der Waals surface area contributed by atoms with Crippen LogP contribution >= 0.6 is 0 Å². The van der Waals surface area contributed by atoms with Crippen molar-refractivity contribution in [3.63, 3.8) is 0 Å². The Morgan fingerprint density at radius 1 is 1.32 bits per heavy atom. The highest BCUT2D eigenvalue weighted by Crippen LogP contribution is 2.01. The van der Waals surface area contributed by atoms with Crippen LogP contribution in [0.2, 0.25) is 0 Å². The van der Waals surface area contributed by atoms with Crippen molar-refractivity contribution in [2.45, 2.75) is 26.3 Å². The molecule has 0 aliphatic rings. The van der Waals surface area contributed by atoms with Gasteiger partial charge in [0.2, 0.25) is 6.33 Å². The standard InChI is InChI=1S/C15H22N3O/c1-14-5-3-6-15(16-14)7-4-11-19-12-10-18-9-8-17(2)13-18/h3,5-6,8-9,13H,4,7,10-12H2,1-2H3/q+1. The largest absolute Gasteiger partial charge is 0.377 e. The summed E-state index contributed by atoms with van der Waals surface area (Å²) < 4.78 is 9.80. The van der Waals surface area contributed by atoms with E-state index in [1.165, 1.54) is 0 Å². The molecule has 2 aromatic heterocycles. The van der Waals surface area contributed by atoms with Crippen molar-refractivity contribution < 1.29 is 9.30 Å². The predicted molar refractivity (Wildman–Crippen MR) is 73.7 cm³/mol. The molecule has 0 unspecified atom stereocenters. The highest BCUT2D eigenvalue weighted by atomic mass is 16.5. The number of aryl methyl sites for hydroxylation is 3. The monoisotopic (exact) mass is 260 g/mol. The maximum atomic E-state index is 5.64. The Morgan fingerprint density at radius 3 is 2.95 bits per heavy atom. The molecule has 0 saturated heterocycles. The van der Waals surface area contributed by atoms with E-state index in [1.807, 2.05) is 30.8 Å². The molecule has 0 spiro atoms. The Balaban J connectivity index is 1.57. The minimum absolute atomic E-state index is 0.760. The van der Waals surface area contributed by atoms with E-state index in [0.29, 0.717) is 0 Å². The molecule has 2 aromatic rings. The van der Waals surface area contributed by atoms with E-state index >= 15 is 0 Å². The molecule has 2 rings (SSSR count). The van der Waals surface area contributed by atoms with Crippen molar-refractivity contribution in [3.8, 4) is 0 Å². The van der Waals surface area contributed by atoms with Gasteiger partial charge < -0.3 is 4.74 Å². The Bertz CT molecular complexity index is 508. The zero-order chi connectivity index (χ0) is 13.5. The number of aromatic nitrogens is 3. The molecule has 0 aliphatic heterocycles. The number of pyridine rings is 1. The van der Waals surface area contributed by atoms with Crippen LogP contribution < -0.4 is 4.57 Å². The molecule has 0 fully saturated rings. The summed E-state index contributed by atoms with van der Waals surface area (Å²) in [5, 5.41) is 0. The smallest absolute Gasteiger partial charge is 0.243 e. The molecule has 4 nitrogen and oxygen atoms in total. The van der Waals surface area contributed by atoms with Crippen molar-refractivity contribution >= 4 is 0 Å². The minimum atomic E-state index is 0.760. The summed E-state index contributed by atoms with van der Waals surface area (Å²) >= 11 is 0. The lowest BCUT2D eigenvalue weighted by Gasteiger charge is -2.03. The van der Waals surface area contributed by atoms with Gasteiger partial charge in [0.25, 0.3) is 0 Å². The minimum Gasteiger partial charge on any atom is -0.377 e.